The van der Waals surface area contributed by atoms with E-state index in [0.29, 0.717) is 17.8 Å². The van der Waals surface area contributed by atoms with Gasteiger partial charge in [0.15, 0.2) is 6.61 Å². The van der Waals surface area contributed by atoms with Crippen LogP contribution in [0.5, 0.6) is 0 Å². The molecule has 5 aliphatic carbocycles. The topological polar surface area (TPSA) is 52.6 Å². The number of esters is 2. The minimum absolute atomic E-state index is 0.276. The molecule has 0 aliphatic heterocycles. The Kier molecular flexibility index (Phi) is 4.17. The van der Waals surface area contributed by atoms with Crippen molar-refractivity contribution in [2.45, 2.75) is 63.4 Å². The molecule has 0 aromatic rings. The van der Waals surface area contributed by atoms with Crippen molar-refractivity contribution in [3.8, 4) is 0 Å². The number of carbonyl (C=O) groups is 2. The molecule has 0 aromatic heterocycles. The highest BCUT2D eigenvalue weighted by molar-refractivity contribution is 5.83. The van der Waals surface area contributed by atoms with Crippen LogP contribution in [0.4, 0.5) is 0 Å². The van der Waals surface area contributed by atoms with E-state index in [2.05, 4.69) is 6.58 Å². The quantitative estimate of drug-likeness (QED) is 0.570. The standard InChI is InChI=1S/C20H28O4/c1-2-18(21)23-12-19(22)24-20(15-5-3-4-6-15)16-8-13-7-14(10-16)11-17(20)9-13/h2,13-17H,1,3-12H2. The first-order valence-electron chi connectivity index (χ1n) is 9.62. The highest BCUT2D eigenvalue weighted by Gasteiger charge is 2.62. The largest absolute Gasteiger partial charge is 0.456 e. The third-order valence-corrected chi connectivity index (χ3v) is 7.20. The second-order valence-electron chi connectivity index (χ2n) is 8.43. The van der Waals surface area contributed by atoms with E-state index in [-0.39, 0.29) is 18.2 Å². The van der Waals surface area contributed by atoms with Crippen LogP contribution in [0.1, 0.15) is 57.8 Å². The molecule has 0 radical (unpaired) electrons. The second kappa shape index (κ2) is 6.20. The van der Waals surface area contributed by atoms with Gasteiger partial charge in [-0.2, -0.15) is 0 Å². The number of hydrogen-bond donors (Lipinski definition) is 0. The summed E-state index contributed by atoms with van der Waals surface area (Å²) in [5.74, 6) is 2.31. The highest BCUT2D eigenvalue weighted by atomic mass is 16.6. The van der Waals surface area contributed by atoms with E-state index < -0.39 is 5.97 Å². The third-order valence-electron chi connectivity index (χ3n) is 7.20. The van der Waals surface area contributed by atoms with E-state index in [1.165, 1.54) is 57.8 Å². The predicted molar refractivity (Wildman–Crippen MR) is 89.0 cm³/mol. The predicted octanol–water partition coefficient (Wildman–Crippen LogP) is 3.64. The fourth-order valence-electron chi connectivity index (χ4n) is 6.63. The van der Waals surface area contributed by atoms with Crippen molar-refractivity contribution < 1.29 is 19.1 Å². The molecule has 0 atom stereocenters. The fraction of sp³-hybridized carbons (Fsp3) is 0.800. The maximum atomic E-state index is 12.5. The van der Waals surface area contributed by atoms with Gasteiger partial charge in [0.25, 0.3) is 0 Å². The van der Waals surface area contributed by atoms with Crippen LogP contribution in [0.15, 0.2) is 12.7 Å². The minimum Gasteiger partial charge on any atom is -0.456 e. The van der Waals surface area contributed by atoms with Crippen LogP contribution in [0.25, 0.3) is 0 Å². The van der Waals surface area contributed by atoms with Crippen molar-refractivity contribution in [3.05, 3.63) is 12.7 Å². The van der Waals surface area contributed by atoms with Crippen molar-refractivity contribution in [1.29, 1.82) is 0 Å². The summed E-state index contributed by atoms with van der Waals surface area (Å²) < 4.78 is 11.2. The minimum atomic E-state index is -0.563. The van der Waals surface area contributed by atoms with Gasteiger partial charge in [-0.25, -0.2) is 9.59 Å². The molecule has 132 valence electrons. The van der Waals surface area contributed by atoms with Crippen molar-refractivity contribution in [1.82, 2.24) is 0 Å². The highest BCUT2D eigenvalue weighted by Crippen LogP contribution is 2.63. The van der Waals surface area contributed by atoms with Gasteiger partial charge in [-0.3, -0.25) is 0 Å². The van der Waals surface area contributed by atoms with E-state index in [1.807, 2.05) is 0 Å². The Morgan fingerprint density at radius 3 is 2.08 bits per heavy atom. The van der Waals surface area contributed by atoms with Crippen LogP contribution in [0.3, 0.4) is 0 Å². The number of rotatable bonds is 5. The molecule has 5 rings (SSSR count). The summed E-state index contributed by atoms with van der Waals surface area (Å²) in [7, 11) is 0. The van der Waals surface area contributed by atoms with Crippen LogP contribution in [-0.2, 0) is 19.1 Å². The smallest absolute Gasteiger partial charge is 0.344 e. The van der Waals surface area contributed by atoms with Gasteiger partial charge in [-0.15, -0.1) is 0 Å². The zero-order valence-corrected chi connectivity index (χ0v) is 14.4. The molecule has 4 bridgehead atoms. The summed E-state index contributed by atoms with van der Waals surface area (Å²) in [6.07, 6.45) is 12.2. The lowest BCUT2D eigenvalue weighted by Gasteiger charge is -2.62. The molecular formula is C20H28O4. The molecule has 0 amide bonds. The Labute approximate surface area is 144 Å². The summed E-state index contributed by atoms with van der Waals surface area (Å²) >= 11 is 0. The van der Waals surface area contributed by atoms with E-state index in [0.717, 1.165) is 17.9 Å². The molecule has 0 spiro atoms. The lowest BCUT2D eigenvalue weighted by atomic mass is 9.47. The summed E-state index contributed by atoms with van der Waals surface area (Å²) in [5, 5.41) is 0. The summed E-state index contributed by atoms with van der Waals surface area (Å²) in [4.78, 5) is 23.7. The molecule has 5 fully saturated rings. The number of hydrogen-bond acceptors (Lipinski definition) is 4. The van der Waals surface area contributed by atoms with Crippen LogP contribution in [0, 0.1) is 29.6 Å². The summed E-state index contributed by atoms with van der Waals surface area (Å²) in [5.41, 5.74) is -0.276. The van der Waals surface area contributed by atoms with Crippen LogP contribution in [-0.4, -0.2) is 24.1 Å². The van der Waals surface area contributed by atoms with Gasteiger partial charge in [0.1, 0.15) is 5.60 Å². The molecule has 24 heavy (non-hydrogen) atoms. The van der Waals surface area contributed by atoms with Crippen LogP contribution >= 0.6 is 0 Å². The van der Waals surface area contributed by atoms with Gasteiger partial charge < -0.3 is 9.47 Å². The zero-order chi connectivity index (χ0) is 16.7. The van der Waals surface area contributed by atoms with Gasteiger partial charge >= 0.3 is 11.9 Å². The van der Waals surface area contributed by atoms with Gasteiger partial charge in [0.05, 0.1) is 0 Å². The van der Waals surface area contributed by atoms with Gasteiger partial charge in [-0.1, -0.05) is 19.4 Å². The Hall–Kier alpha value is -1.32. The van der Waals surface area contributed by atoms with Crippen molar-refractivity contribution >= 4 is 11.9 Å². The Balaban J connectivity index is 1.54. The first-order valence-corrected chi connectivity index (χ1v) is 9.62. The van der Waals surface area contributed by atoms with Gasteiger partial charge in [0.2, 0.25) is 0 Å². The second-order valence-corrected chi connectivity index (χ2v) is 8.43. The molecule has 0 unspecified atom stereocenters. The van der Waals surface area contributed by atoms with Gasteiger partial charge in [0, 0.05) is 6.08 Å². The molecule has 4 heteroatoms. The van der Waals surface area contributed by atoms with Crippen molar-refractivity contribution in [2.75, 3.05) is 6.61 Å². The fourth-order valence-corrected chi connectivity index (χ4v) is 6.63. The maximum absolute atomic E-state index is 12.5. The normalized spacial score (nSPS) is 40.5. The number of carbonyl (C=O) groups excluding carboxylic acids is 2. The zero-order valence-electron chi connectivity index (χ0n) is 14.4. The van der Waals surface area contributed by atoms with E-state index in [4.69, 9.17) is 9.47 Å². The molecule has 0 saturated heterocycles. The summed E-state index contributed by atoms with van der Waals surface area (Å²) in [6, 6.07) is 0. The van der Waals surface area contributed by atoms with Gasteiger partial charge in [-0.05, 0) is 74.5 Å². The van der Waals surface area contributed by atoms with E-state index in [9.17, 15) is 9.59 Å². The van der Waals surface area contributed by atoms with Crippen molar-refractivity contribution in [2.24, 2.45) is 29.6 Å². The lowest BCUT2D eigenvalue weighted by molar-refractivity contribution is -0.230. The Morgan fingerprint density at radius 2 is 1.54 bits per heavy atom. The molecule has 5 saturated carbocycles. The SMILES string of the molecule is C=CC(=O)OCC(=O)OC1(C2CCCC2)C2CC3CC(C2)CC1C3. The molecule has 0 N–H and O–H groups in total. The van der Waals surface area contributed by atoms with E-state index >= 15 is 0 Å². The Bertz CT molecular complexity index is 504. The first kappa shape index (κ1) is 16.2. The van der Waals surface area contributed by atoms with Crippen LogP contribution in [0.2, 0.25) is 0 Å². The number of ether oxygens (including phenoxy) is 2. The Morgan fingerprint density at radius 1 is 0.958 bits per heavy atom. The molecule has 5 aliphatic rings. The summed E-state index contributed by atoms with van der Waals surface area (Å²) in [6.45, 7) is 3.08. The van der Waals surface area contributed by atoms with Crippen molar-refractivity contribution in [3.63, 3.8) is 0 Å². The average Bonchev–Trinajstić information content (AvgIpc) is 3.10. The molecule has 4 nitrogen and oxygen atoms in total. The molecule has 0 heterocycles. The lowest BCUT2D eigenvalue weighted by Crippen LogP contribution is -2.63. The average molecular weight is 332 g/mol. The third kappa shape index (κ3) is 2.58. The molecule has 0 aromatic carbocycles. The monoisotopic (exact) mass is 332 g/mol. The maximum Gasteiger partial charge on any atom is 0.344 e. The van der Waals surface area contributed by atoms with Crippen LogP contribution < -0.4 is 0 Å². The first-order chi connectivity index (χ1) is 11.6. The molecular weight excluding hydrogens is 304 g/mol. The van der Waals surface area contributed by atoms with E-state index in [1.54, 1.807) is 0 Å².